The highest BCUT2D eigenvalue weighted by molar-refractivity contribution is 6.74. The summed E-state index contributed by atoms with van der Waals surface area (Å²) >= 11 is 0. The van der Waals surface area contributed by atoms with Gasteiger partial charge in [0.15, 0.2) is 8.32 Å². The molecule has 210 valence electrons. The summed E-state index contributed by atoms with van der Waals surface area (Å²) in [7, 11) is 1.28. The minimum atomic E-state index is -1.82. The molecule has 1 unspecified atom stereocenters. The van der Waals surface area contributed by atoms with Crippen LogP contribution >= 0.6 is 0 Å². The summed E-state index contributed by atoms with van der Waals surface area (Å²) in [4.78, 5) is 14.2. The molecule has 7 heteroatoms. The molecule has 0 spiro atoms. The average molecular weight is 549 g/mol. The summed E-state index contributed by atoms with van der Waals surface area (Å²) < 4.78 is 19.1. The number of methoxy groups -OCH3 is 2. The molecule has 0 bridgehead atoms. The van der Waals surface area contributed by atoms with E-state index in [4.69, 9.17) is 13.9 Å². The van der Waals surface area contributed by atoms with Crippen molar-refractivity contribution in [2.75, 3.05) is 33.9 Å². The Labute approximate surface area is 234 Å². The molecule has 1 aliphatic rings. The molecule has 0 N–H and O–H groups in total. The summed E-state index contributed by atoms with van der Waals surface area (Å²) in [5.41, 5.74) is 5.00. The zero-order chi connectivity index (χ0) is 28.2. The Morgan fingerprint density at radius 2 is 1.90 bits per heavy atom. The van der Waals surface area contributed by atoms with Gasteiger partial charge in [0.25, 0.3) is 0 Å². The number of aromatic nitrogens is 1. The monoisotopic (exact) mass is 548 g/mol. The van der Waals surface area contributed by atoms with Crippen molar-refractivity contribution in [2.45, 2.75) is 64.3 Å². The lowest BCUT2D eigenvalue weighted by atomic mass is 10.0. The predicted octanol–water partition coefficient (Wildman–Crippen LogP) is 6.85. The van der Waals surface area contributed by atoms with Crippen LogP contribution in [0.2, 0.25) is 18.1 Å². The standard InChI is InChI=1S/C32H44N2O4Si/c1-32(2,3)39(6,7)38-21-20-34(19-18-33-17-16-26-23-27(36-4)11-14-29(26)33)30-13-10-25-22-24(8-12-28(25)30)9-15-31(35)37-5/h8-9,11-12,14-17,22-23,30H,10,13,18-21H2,1-7H3. The first kappa shape index (κ1) is 29.1. The second kappa shape index (κ2) is 12.1. The molecule has 0 aliphatic heterocycles. The highest BCUT2D eigenvalue weighted by atomic mass is 28.4. The molecule has 1 heterocycles. The van der Waals surface area contributed by atoms with Gasteiger partial charge in [-0.3, -0.25) is 4.90 Å². The van der Waals surface area contributed by atoms with Crippen LogP contribution in [-0.2, 0) is 26.9 Å². The van der Waals surface area contributed by atoms with Crippen molar-refractivity contribution in [1.29, 1.82) is 0 Å². The van der Waals surface area contributed by atoms with E-state index < -0.39 is 8.32 Å². The second-order valence-electron chi connectivity index (χ2n) is 11.9. The van der Waals surface area contributed by atoms with Crippen LogP contribution in [0.1, 0.15) is 49.9 Å². The second-order valence-corrected chi connectivity index (χ2v) is 16.8. The number of fused-ring (bicyclic) bond motifs is 2. The molecule has 0 radical (unpaired) electrons. The maximum Gasteiger partial charge on any atom is 0.330 e. The van der Waals surface area contributed by atoms with Gasteiger partial charge in [0, 0.05) is 55.5 Å². The molecule has 0 saturated heterocycles. The number of carbonyl (C=O) groups is 1. The number of nitrogens with zero attached hydrogens (tertiary/aromatic N) is 2. The van der Waals surface area contributed by atoms with Crippen molar-refractivity contribution in [3.63, 3.8) is 0 Å². The van der Waals surface area contributed by atoms with E-state index in [1.54, 1.807) is 7.11 Å². The van der Waals surface area contributed by atoms with Crippen molar-refractivity contribution in [3.05, 3.63) is 71.4 Å². The van der Waals surface area contributed by atoms with Gasteiger partial charge in [0.1, 0.15) is 5.75 Å². The molecule has 1 atom stereocenters. The van der Waals surface area contributed by atoms with Crippen molar-refractivity contribution in [2.24, 2.45) is 0 Å². The molecule has 0 saturated carbocycles. The first-order valence-corrected chi connectivity index (χ1v) is 16.8. The number of esters is 1. The van der Waals surface area contributed by atoms with Crippen LogP contribution in [0.4, 0.5) is 0 Å². The zero-order valence-electron chi connectivity index (χ0n) is 24.6. The van der Waals surface area contributed by atoms with E-state index in [-0.39, 0.29) is 11.0 Å². The zero-order valence-corrected chi connectivity index (χ0v) is 25.6. The molecule has 1 aromatic heterocycles. The van der Waals surface area contributed by atoms with E-state index in [0.29, 0.717) is 6.04 Å². The smallest absolute Gasteiger partial charge is 0.330 e. The maximum atomic E-state index is 11.5. The SMILES string of the molecule is COC(=O)C=Cc1ccc2c(c1)CCC2N(CCO[Si](C)(C)C(C)(C)C)CCn1ccc2cc(OC)ccc21. The number of ether oxygens (including phenoxy) is 2. The topological polar surface area (TPSA) is 52.9 Å². The normalized spacial score (nSPS) is 15.8. The van der Waals surface area contributed by atoms with Gasteiger partial charge in [-0.2, -0.15) is 0 Å². The van der Waals surface area contributed by atoms with Crippen LogP contribution < -0.4 is 4.74 Å². The highest BCUT2D eigenvalue weighted by Crippen LogP contribution is 2.38. The van der Waals surface area contributed by atoms with Crippen molar-refractivity contribution >= 4 is 31.3 Å². The van der Waals surface area contributed by atoms with E-state index >= 15 is 0 Å². The number of rotatable bonds is 11. The molecular formula is C32H44N2O4Si. The summed E-state index contributed by atoms with van der Waals surface area (Å²) in [5.74, 6) is 0.547. The summed E-state index contributed by atoms with van der Waals surface area (Å²) in [6.07, 6.45) is 7.61. The van der Waals surface area contributed by atoms with Crippen LogP contribution in [-0.4, -0.2) is 57.7 Å². The van der Waals surface area contributed by atoms with Crippen molar-refractivity contribution in [1.82, 2.24) is 9.47 Å². The van der Waals surface area contributed by atoms with Crippen molar-refractivity contribution < 1.29 is 18.7 Å². The fraction of sp³-hybridized carbons (Fsp3) is 0.469. The first-order valence-electron chi connectivity index (χ1n) is 13.9. The third-order valence-electron chi connectivity index (χ3n) is 8.52. The molecule has 1 aliphatic carbocycles. The van der Waals surface area contributed by atoms with Gasteiger partial charge >= 0.3 is 5.97 Å². The van der Waals surface area contributed by atoms with Crippen LogP contribution in [0.15, 0.2) is 54.7 Å². The van der Waals surface area contributed by atoms with E-state index in [9.17, 15) is 4.79 Å². The van der Waals surface area contributed by atoms with E-state index in [1.807, 2.05) is 12.1 Å². The van der Waals surface area contributed by atoms with Gasteiger partial charge in [-0.05, 0) is 78.0 Å². The molecule has 0 amide bonds. The average Bonchev–Trinajstić information content (AvgIpc) is 3.51. The van der Waals surface area contributed by atoms with Gasteiger partial charge in [-0.1, -0.05) is 39.0 Å². The number of aryl methyl sites for hydroxylation is 1. The van der Waals surface area contributed by atoms with Gasteiger partial charge in [0.2, 0.25) is 0 Å². The Hall–Kier alpha value is -2.87. The Morgan fingerprint density at radius 3 is 2.62 bits per heavy atom. The Kier molecular flexibility index (Phi) is 9.04. The van der Waals surface area contributed by atoms with Gasteiger partial charge in [0.05, 0.1) is 14.2 Å². The molecule has 39 heavy (non-hydrogen) atoms. The summed E-state index contributed by atoms with van der Waals surface area (Å²) in [5, 5.41) is 1.39. The largest absolute Gasteiger partial charge is 0.497 e. The van der Waals surface area contributed by atoms with E-state index in [0.717, 1.165) is 50.4 Å². The molecular weight excluding hydrogens is 504 g/mol. The van der Waals surface area contributed by atoms with Crippen LogP contribution in [0, 0.1) is 0 Å². The molecule has 3 aromatic rings. The number of hydrogen-bond acceptors (Lipinski definition) is 5. The van der Waals surface area contributed by atoms with Gasteiger partial charge in [-0.25, -0.2) is 4.79 Å². The molecule has 6 nitrogen and oxygen atoms in total. The molecule has 4 rings (SSSR count). The molecule has 0 fully saturated rings. The fourth-order valence-corrected chi connectivity index (χ4v) is 6.16. The number of hydrogen-bond donors (Lipinski definition) is 0. The van der Waals surface area contributed by atoms with Gasteiger partial charge in [-0.15, -0.1) is 0 Å². The Balaban J connectivity index is 1.53. The number of carbonyl (C=O) groups excluding carboxylic acids is 1. The van der Waals surface area contributed by atoms with Crippen LogP contribution in [0.3, 0.4) is 0 Å². The van der Waals surface area contributed by atoms with E-state index in [1.165, 1.54) is 35.2 Å². The predicted molar refractivity (Wildman–Crippen MR) is 162 cm³/mol. The highest BCUT2D eigenvalue weighted by Gasteiger charge is 2.37. The third kappa shape index (κ3) is 6.83. The maximum absolute atomic E-state index is 11.5. The van der Waals surface area contributed by atoms with E-state index in [2.05, 4.69) is 85.9 Å². The van der Waals surface area contributed by atoms with Gasteiger partial charge < -0.3 is 18.5 Å². The van der Waals surface area contributed by atoms with Crippen molar-refractivity contribution in [3.8, 4) is 5.75 Å². The molecule has 2 aromatic carbocycles. The lowest BCUT2D eigenvalue weighted by Crippen LogP contribution is -2.43. The lowest BCUT2D eigenvalue weighted by molar-refractivity contribution is -0.134. The summed E-state index contributed by atoms with van der Waals surface area (Å²) in [6, 6.07) is 15.3. The Bertz CT molecular complexity index is 1320. The van der Waals surface area contributed by atoms with Crippen LogP contribution in [0.25, 0.3) is 17.0 Å². The quantitative estimate of drug-likeness (QED) is 0.149. The minimum Gasteiger partial charge on any atom is -0.497 e. The lowest BCUT2D eigenvalue weighted by Gasteiger charge is -2.37. The Morgan fingerprint density at radius 1 is 1.10 bits per heavy atom. The first-order chi connectivity index (χ1) is 18.5. The number of benzene rings is 2. The minimum absolute atomic E-state index is 0.191. The third-order valence-corrected chi connectivity index (χ3v) is 13.1. The fourth-order valence-electron chi connectivity index (χ4n) is 5.12. The van der Waals surface area contributed by atoms with Crippen LogP contribution in [0.5, 0.6) is 5.75 Å². The summed E-state index contributed by atoms with van der Waals surface area (Å²) in [6.45, 7) is 15.0.